The fourth-order valence-corrected chi connectivity index (χ4v) is 4.34. The zero-order chi connectivity index (χ0) is 22.6. The molecule has 5 nitrogen and oxygen atoms in total. The lowest BCUT2D eigenvalue weighted by Crippen LogP contribution is -2.23. The zero-order valence-corrected chi connectivity index (χ0v) is 18.3. The van der Waals surface area contributed by atoms with Crippen LogP contribution in [0.15, 0.2) is 24.3 Å². The molecule has 31 heavy (non-hydrogen) atoms. The molecule has 0 amide bonds. The number of rotatable bonds is 11. The monoisotopic (exact) mass is 434 g/mol. The molecule has 2 rings (SSSR count). The van der Waals surface area contributed by atoms with Gasteiger partial charge in [-0.25, -0.2) is 4.39 Å². The summed E-state index contributed by atoms with van der Waals surface area (Å²) in [6.07, 6.45) is 4.35. The van der Waals surface area contributed by atoms with Crippen LogP contribution in [0.2, 0.25) is 0 Å². The largest absolute Gasteiger partial charge is 0.466 e. The van der Waals surface area contributed by atoms with Gasteiger partial charge in [0.2, 0.25) is 0 Å². The summed E-state index contributed by atoms with van der Waals surface area (Å²) in [5.41, 5.74) is 0.637. The summed E-state index contributed by atoms with van der Waals surface area (Å²) in [5.74, 6) is 5.07. The van der Waals surface area contributed by atoms with Crippen LogP contribution in [0.4, 0.5) is 4.39 Å². The highest BCUT2D eigenvalue weighted by Gasteiger charge is 2.40. The van der Waals surface area contributed by atoms with E-state index in [4.69, 9.17) is 4.74 Å². The van der Waals surface area contributed by atoms with Crippen molar-refractivity contribution in [2.24, 2.45) is 11.8 Å². The molecular weight excluding hydrogens is 399 g/mol. The van der Waals surface area contributed by atoms with Gasteiger partial charge in [0.15, 0.2) is 0 Å². The average molecular weight is 435 g/mol. The van der Waals surface area contributed by atoms with E-state index in [0.29, 0.717) is 37.9 Å². The second-order valence-electron chi connectivity index (χ2n) is 8.33. The molecule has 0 aliphatic heterocycles. The molecule has 1 aromatic rings. The van der Waals surface area contributed by atoms with E-state index in [0.717, 1.165) is 32.1 Å². The van der Waals surface area contributed by atoms with E-state index in [2.05, 4.69) is 11.8 Å². The number of aliphatic hydroxyl groups excluding tert-OH is 3. The van der Waals surface area contributed by atoms with E-state index in [1.807, 2.05) is 0 Å². The molecule has 1 fully saturated rings. The quantitative estimate of drug-likeness (QED) is 0.282. The Morgan fingerprint density at radius 3 is 2.42 bits per heavy atom. The molecule has 1 aliphatic carbocycles. The lowest BCUT2D eigenvalue weighted by molar-refractivity contribution is -0.143. The minimum absolute atomic E-state index is 0.0114. The van der Waals surface area contributed by atoms with Gasteiger partial charge in [0, 0.05) is 12.0 Å². The second-order valence-corrected chi connectivity index (χ2v) is 8.33. The number of aliphatic hydroxyl groups is 3. The molecule has 172 valence electrons. The predicted octanol–water partition coefficient (Wildman–Crippen LogP) is 3.58. The Balaban J connectivity index is 1.73. The van der Waals surface area contributed by atoms with Crippen molar-refractivity contribution >= 4 is 5.97 Å². The van der Waals surface area contributed by atoms with Crippen molar-refractivity contribution in [2.75, 3.05) is 6.61 Å². The summed E-state index contributed by atoms with van der Waals surface area (Å²) >= 11 is 0. The number of benzene rings is 1. The Hall–Kier alpha value is -1.94. The van der Waals surface area contributed by atoms with Gasteiger partial charge in [-0.3, -0.25) is 4.79 Å². The van der Waals surface area contributed by atoms with E-state index in [-0.39, 0.29) is 23.6 Å². The first-order valence-corrected chi connectivity index (χ1v) is 11.4. The third-order valence-electron chi connectivity index (χ3n) is 6.00. The van der Waals surface area contributed by atoms with Crippen molar-refractivity contribution in [1.29, 1.82) is 0 Å². The normalized spacial score (nSPS) is 23.8. The number of ether oxygens (including phenoxy) is 1. The van der Waals surface area contributed by atoms with Crippen LogP contribution in [0.1, 0.15) is 70.3 Å². The highest BCUT2D eigenvalue weighted by Crippen LogP contribution is 2.39. The minimum atomic E-state index is -0.835. The Labute approximate surface area is 184 Å². The standard InChI is InChI=1S/C25H35FO5/c1-2-31-25(30)8-6-4-3-5-7-21-22(24(29)17-23(21)28)16-15-20(27)14-11-18-9-12-19(26)13-10-18/h9-10,12-13,20-24,27-29H,2-8,15-17H2,1H3/t20?,21-,22-,23+,24-/m1/s1. The molecule has 0 radical (unpaired) electrons. The van der Waals surface area contributed by atoms with Crippen LogP contribution >= 0.6 is 0 Å². The maximum Gasteiger partial charge on any atom is 0.305 e. The molecule has 0 bridgehead atoms. The first-order valence-electron chi connectivity index (χ1n) is 11.4. The van der Waals surface area contributed by atoms with Crippen LogP contribution in [-0.4, -0.2) is 46.2 Å². The Morgan fingerprint density at radius 1 is 1.10 bits per heavy atom. The third-order valence-corrected chi connectivity index (χ3v) is 6.00. The van der Waals surface area contributed by atoms with Crippen molar-refractivity contribution in [1.82, 2.24) is 0 Å². The summed E-state index contributed by atoms with van der Waals surface area (Å²) in [5, 5.41) is 30.9. The van der Waals surface area contributed by atoms with Gasteiger partial charge in [0.25, 0.3) is 0 Å². The van der Waals surface area contributed by atoms with Gasteiger partial charge >= 0.3 is 5.97 Å². The highest BCUT2D eigenvalue weighted by atomic mass is 19.1. The number of hydrogen-bond acceptors (Lipinski definition) is 5. The van der Waals surface area contributed by atoms with E-state index < -0.39 is 18.3 Å². The van der Waals surface area contributed by atoms with E-state index in [1.165, 1.54) is 12.1 Å². The van der Waals surface area contributed by atoms with Gasteiger partial charge in [-0.05, 0) is 75.1 Å². The SMILES string of the molecule is CCOC(=O)CCCCCC[C@@H]1[C@@H](CCC(O)C#Cc2ccc(F)cc2)[C@H](O)C[C@@H]1O. The van der Waals surface area contributed by atoms with Gasteiger partial charge in [0.1, 0.15) is 11.9 Å². The number of carbonyl (C=O) groups is 1. The van der Waals surface area contributed by atoms with Crippen LogP contribution in [0.3, 0.4) is 0 Å². The van der Waals surface area contributed by atoms with Gasteiger partial charge in [-0.2, -0.15) is 0 Å². The molecule has 1 aliphatic rings. The van der Waals surface area contributed by atoms with Crippen molar-refractivity contribution in [3.05, 3.63) is 35.6 Å². The molecule has 0 heterocycles. The van der Waals surface area contributed by atoms with Crippen LogP contribution in [-0.2, 0) is 9.53 Å². The maximum absolute atomic E-state index is 12.9. The van der Waals surface area contributed by atoms with Crippen molar-refractivity contribution < 1.29 is 29.2 Å². The Bertz CT molecular complexity index is 724. The Morgan fingerprint density at radius 2 is 1.74 bits per heavy atom. The molecule has 3 N–H and O–H groups in total. The first-order chi connectivity index (χ1) is 14.9. The van der Waals surface area contributed by atoms with Gasteiger partial charge in [-0.15, -0.1) is 0 Å². The first kappa shape index (κ1) is 25.3. The lowest BCUT2D eigenvalue weighted by Gasteiger charge is -2.24. The molecule has 1 saturated carbocycles. The number of hydrogen-bond donors (Lipinski definition) is 3. The highest BCUT2D eigenvalue weighted by molar-refractivity contribution is 5.69. The number of halogens is 1. The van der Waals surface area contributed by atoms with Gasteiger partial charge < -0.3 is 20.1 Å². The van der Waals surface area contributed by atoms with Crippen molar-refractivity contribution in [2.45, 2.75) is 83.0 Å². The second kappa shape index (κ2) is 13.5. The molecule has 1 aromatic carbocycles. The average Bonchev–Trinajstić information content (AvgIpc) is 3.01. The summed E-state index contributed by atoms with van der Waals surface area (Å²) < 4.78 is 17.9. The van der Waals surface area contributed by atoms with Crippen LogP contribution in [0, 0.1) is 29.5 Å². The number of unbranched alkanes of at least 4 members (excludes halogenated alkanes) is 3. The zero-order valence-electron chi connectivity index (χ0n) is 18.3. The van der Waals surface area contributed by atoms with E-state index in [9.17, 15) is 24.5 Å². The predicted molar refractivity (Wildman–Crippen MR) is 116 cm³/mol. The van der Waals surface area contributed by atoms with Crippen LogP contribution in [0.5, 0.6) is 0 Å². The molecular formula is C25H35FO5. The molecule has 0 saturated heterocycles. The molecule has 6 heteroatoms. The fourth-order valence-electron chi connectivity index (χ4n) is 4.34. The maximum atomic E-state index is 12.9. The topological polar surface area (TPSA) is 87.0 Å². The summed E-state index contributed by atoms with van der Waals surface area (Å²) in [4.78, 5) is 11.3. The summed E-state index contributed by atoms with van der Waals surface area (Å²) in [6, 6.07) is 5.78. The lowest BCUT2D eigenvalue weighted by atomic mass is 9.85. The summed E-state index contributed by atoms with van der Waals surface area (Å²) in [6.45, 7) is 2.21. The van der Waals surface area contributed by atoms with Crippen molar-refractivity contribution in [3.63, 3.8) is 0 Å². The van der Waals surface area contributed by atoms with E-state index >= 15 is 0 Å². The molecule has 0 spiro atoms. The van der Waals surface area contributed by atoms with Crippen LogP contribution < -0.4 is 0 Å². The molecule has 1 unspecified atom stereocenters. The molecule has 5 atom stereocenters. The Kier molecular flexibility index (Phi) is 11.0. The fraction of sp³-hybridized carbons (Fsp3) is 0.640. The minimum Gasteiger partial charge on any atom is -0.466 e. The number of esters is 1. The van der Waals surface area contributed by atoms with Crippen molar-refractivity contribution in [3.8, 4) is 11.8 Å². The van der Waals surface area contributed by atoms with Gasteiger partial charge in [0.05, 0.1) is 18.8 Å². The number of carbonyl (C=O) groups excluding carboxylic acids is 1. The molecule has 0 aromatic heterocycles. The summed E-state index contributed by atoms with van der Waals surface area (Å²) in [7, 11) is 0. The smallest absolute Gasteiger partial charge is 0.305 e. The van der Waals surface area contributed by atoms with Gasteiger partial charge in [-0.1, -0.05) is 31.1 Å². The third kappa shape index (κ3) is 8.98. The van der Waals surface area contributed by atoms with Crippen LogP contribution in [0.25, 0.3) is 0 Å². The van der Waals surface area contributed by atoms with E-state index in [1.54, 1.807) is 19.1 Å².